The van der Waals surface area contributed by atoms with Crippen LogP contribution in [0.4, 0.5) is 0 Å². The van der Waals surface area contributed by atoms with Gasteiger partial charge in [0.15, 0.2) is 10.6 Å². The van der Waals surface area contributed by atoms with Gasteiger partial charge in [0.1, 0.15) is 12.3 Å². The van der Waals surface area contributed by atoms with Gasteiger partial charge in [0.05, 0.1) is 18.0 Å². The first-order valence-electron chi connectivity index (χ1n) is 8.12. The third-order valence-corrected chi connectivity index (χ3v) is 5.21. The van der Waals surface area contributed by atoms with Crippen molar-refractivity contribution in [3.8, 4) is 16.5 Å². The molecular weight excluding hydrogens is 368 g/mol. The molecule has 8 heteroatoms. The molecule has 2 heterocycles. The van der Waals surface area contributed by atoms with Gasteiger partial charge in [0.25, 0.3) is 0 Å². The van der Waals surface area contributed by atoms with Gasteiger partial charge in [-0.1, -0.05) is 23.8 Å². The molecule has 6 nitrogen and oxygen atoms in total. The van der Waals surface area contributed by atoms with E-state index in [-0.39, 0.29) is 18.5 Å². The fourth-order valence-electron chi connectivity index (χ4n) is 2.76. The lowest BCUT2D eigenvalue weighted by Crippen LogP contribution is -2.30. The zero-order valence-electron chi connectivity index (χ0n) is 14.8. The van der Waals surface area contributed by atoms with Crippen LogP contribution in [-0.2, 0) is 11.3 Å². The van der Waals surface area contributed by atoms with Crippen molar-refractivity contribution in [3.05, 3.63) is 51.6 Å². The summed E-state index contributed by atoms with van der Waals surface area (Å²) in [6.07, 6.45) is 0. The number of benzene rings is 1. The molecule has 0 spiro atoms. The summed E-state index contributed by atoms with van der Waals surface area (Å²) in [7, 11) is 1.63. The predicted octanol–water partition coefficient (Wildman–Crippen LogP) is 3.86. The molecule has 3 aromatic rings. The van der Waals surface area contributed by atoms with E-state index in [9.17, 15) is 4.79 Å². The molecule has 3 rings (SSSR count). The lowest BCUT2D eigenvalue weighted by molar-refractivity contribution is -0.122. The van der Waals surface area contributed by atoms with Gasteiger partial charge in [-0.15, -0.1) is 11.3 Å². The number of H-pyrrole nitrogens is 1. The SMILES string of the molecule is COc1ccc(C)cc1C(C)NC(=O)Cn1c(-c2cccs2)n[nH]c1=S. The Hall–Kier alpha value is -2.45. The molecule has 1 atom stereocenters. The largest absolute Gasteiger partial charge is 0.496 e. The second-order valence-electron chi connectivity index (χ2n) is 5.95. The van der Waals surface area contributed by atoms with Crippen molar-refractivity contribution in [3.63, 3.8) is 0 Å². The highest BCUT2D eigenvalue weighted by Crippen LogP contribution is 2.26. The molecule has 0 fully saturated rings. The fourth-order valence-corrected chi connectivity index (χ4v) is 3.68. The second-order valence-corrected chi connectivity index (χ2v) is 7.28. The zero-order valence-corrected chi connectivity index (χ0v) is 16.4. The van der Waals surface area contributed by atoms with Gasteiger partial charge in [0.2, 0.25) is 5.91 Å². The second kappa shape index (κ2) is 7.84. The van der Waals surface area contributed by atoms with E-state index in [0.29, 0.717) is 10.6 Å². The number of carbonyl (C=O) groups is 1. The number of amides is 1. The number of nitrogens with zero attached hydrogens (tertiary/aromatic N) is 2. The first-order valence-corrected chi connectivity index (χ1v) is 9.41. The Bertz CT molecular complexity index is 960. The van der Waals surface area contributed by atoms with E-state index in [2.05, 4.69) is 15.5 Å². The summed E-state index contributed by atoms with van der Waals surface area (Å²) in [5.41, 5.74) is 2.05. The van der Waals surface area contributed by atoms with Crippen molar-refractivity contribution >= 4 is 29.5 Å². The number of hydrogen-bond donors (Lipinski definition) is 2. The van der Waals surface area contributed by atoms with Crippen LogP contribution in [0.15, 0.2) is 35.7 Å². The van der Waals surface area contributed by atoms with Crippen LogP contribution in [0.2, 0.25) is 0 Å². The summed E-state index contributed by atoms with van der Waals surface area (Å²) in [6.45, 7) is 4.04. The average molecular weight is 389 g/mol. The van der Waals surface area contributed by atoms with Crippen molar-refractivity contribution < 1.29 is 9.53 Å². The Morgan fingerprint density at radius 2 is 2.27 bits per heavy atom. The van der Waals surface area contributed by atoms with Crippen molar-refractivity contribution in [1.82, 2.24) is 20.1 Å². The van der Waals surface area contributed by atoms with Gasteiger partial charge in [-0.2, -0.15) is 5.10 Å². The maximum Gasteiger partial charge on any atom is 0.240 e. The number of nitrogens with one attached hydrogen (secondary N) is 2. The number of aromatic nitrogens is 3. The maximum absolute atomic E-state index is 12.6. The molecule has 2 aromatic heterocycles. The monoisotopic (exact) mass is 388 g/mol. The number of aromatic amines is 1. The van der Waals surface area contributed by atoms with Gasteiger partial charge in [-0.3, -0.25) is 14.5 Å². The van der Waals surface area contributed by atoms with E-state index >= 15 is 0 Å². The van der Waals surface area contributed by atoms with E-state index in [1.54, 1.807) is 23.0 Å². The Morgan fingerprint density at radius 1 is 1.46 bits per heavy atom. The van der Waals surface area contributed by atoms with Crippen LogP contribution in [0.25, 0.3) is 10.7 Å². The number of thiophene rings is 1. The van der Waals surface area contributed by atoms with E-state index in [4.69, 9.17) is 17.0 Å². The summed E-state index contributed by atoms with van der Waals surface area (Å²) in [5, 5.41) is 12.0. The number of rotatable bonds is 6. The number of methoxy groups -OCH3 is 1. The smallest absolute Gasteiger partial charge is 0.240 e. The first kappa shape index (κ1) is 18.3. The summed E-state index contributed by atoms with van der Waals surface area (Å²) < 4.78 is 7.54. The van der Waals surface area contributed by atoms with Gasteiger partial charge in [-0.25, -0.2) is 0 Å². The summed E-state index contributed by atoms with van der Waals surface area (Å²) >= 11 is 6.83. The first-order chi connectivity index (χ1) is 12.5. The van der Waals surface area contributed by atoms with Crippen LogP contribution >= 0.6 is 23.6 Å². The lowest BCUT2D eigenvalue weighted by Gasteiger charge is -2.18. The molecule has 0 aliphatic heterocycles. The molecule has 0 saturated carbocycles. The molecule has 1 aromatic carbocycles. The Balaban J connectivity index is 1.77. The molecule has 1 unspecified atom stereocenters. The van der Waals surface area contributed by atoms with Gasteiger partial charge in [0, 0.05) is 5.56 Å². The van der Waals surface area contributed by atoms with Crippen LogP contribution < -0.4 is 10.1 Å². The van der Waals surface area contributed by atoms with E-state index < -0.39 is 0 Å². The normalized spacial score (nSPS) is 12.0. The molecule has 1 amide bonds. The number of ether oxygens (including phenoxy) is 1. The molecule has 0 radical (unpaired) electrons. The highest BCUT2D eigenvalue weighted by atomic mass is 32.1. The predicted molar refractivity (Wildman–Crippen MR) is 105 cm³/mol. The quantitative estimate of drug-likeness (QED) is 0.629. The molecule has 26 heavy (non-hydrogen) atoms. The topological polar surface area (TPSA) is 71.9 Å². The van der Waals surface area contributed by atoms with Crippen molar-refractivity contribution in [2.45, 2.75) is 26.4 Å². The number of aryl methyl sites for hydroxylation is 1. The summed E-state index contributed by atoms with van der Waals surface area (Å²) in [5.74, 6) is 1.28. The van der Waals surface area contributed by atoms with Crippen molar-refractivity contribution in [2.24, 2.45) is 0 Å². The molecular formula is C18H20N4O2S2. The van der Waals surface area contributed by atoms with Gasteiger partial charge in [-0.05, 0) is 43.6 Å². The fraction of sp³-hybridized carbons (Fsp3) is 0.278. The maximum atomic E-state index is 12.6. The van der Waals surface area contributed by atoms with Crippen molar-refractivity contribution in [1.29, 1.82) is 0 Å². The Morgan fingerprint density at radius 3 is 2.96 bits per heavy atom. The Labute approximate surface area is 160 Å². The number of hydrogen-bond acceptors (Lipinski definition) is 5. The molecule has 136 valence electrons. The third-order valence-electron chi connectivity index (χ3n) is 4.03. The van der Waals surface area contributed by atoms with Crippen LogP contribution in [0.1, 0.15) is 24.1 Å². The van der Waals surface area contributed by atoms with Gasteiger partial charge < -0.3 is 10.1 Å². The minimum atomic E-state index is -0.191. The van der Waals surface area contributed by atoms with Crippen molar-refractivity contribution in [2.75, 3.05) is 7.11 Å². The molecule has 0 aliphatic rings. The zero-order chi connectivity index (χ0) is 18.7. The molecule has 0 bridgehead atoms. The van der Waals surface area contributed by atoms with Crippen LogP contribution in [0.5, 0.6) is 5.75 Å². The average Bonchev–Trinajstić information content (AvgIpc) is 3.25. The highest BCUT2D eigenvalue weighted by Gasteiger charge is 2.17. The van der Waals surface area contributed by atoms with E-state index in [1.807, 2.05) is 49.6 Å². The summed E-state index contributed by atoms with van der Waals surface area (Å²) in [6, 6.07) is 9.61. The minimum absolute atomic E-state index is 0.0983. The van der Waals surface area contributed by atoms with Gasteiger partial charge >= 0.3 is 0 Å². The lowest BCUT2D eigenvalue weighted by atomic mass is 10.0. The Kier molecular flexibility index (Phi) is 5.53. The molecule has 2 N–H and O–H groups in total. The molecule has 0 aliphatic carbocycles. The number of carbonyl (C=O) groups excluding carboxylic acids is 1. The molecule has 0 saturated heterocycles. The van der Waals surface area contributed by atoms with E-state index in [0.717, 1.165) is 21.8 Å². The third kappa shape index (κ3) is 3.86. The summed E-state index contributed by atoms with van der Waals surface area (Å²) in [4.78, 5) is 13.6. The van der Waals surface area contributed by atoms with Crippen LogP contribution in [-0.4, -0.2) is 27.8 Å². The van der Waals surface area contributed by atoms with Crippen LogP contribution in [0.3, 0.4) is 0 Å². The van der Waals surface area contributed by atoms with E-state index in [1.165, 1.54) is 0 Å². The minimum Gasteiger partial charge on any atom is -0.496 e. The standard InChI is InChI=1S/C18H20N4O2S2/c1-11-6-7-14(24-3)13(9-11)12(2)19-16(23)10-22-17(20-21-18(22)25)15-5-4-8-26-15/h4-9,12H,10H2,1-3H3,(H,19,23)(H,21,25). The van der Waals surface area contributed by atoms with Crippen LogP contribution in [0, 0.1) is 11.7 Å². The highest BCUT2D eigenvalue weighted by molar-refractivity contribution is 7.71.